The van der Waals surface area contributed by atoms with Gasteiger partial charge >= 0.3 is 5.97 Å². The Hall–Kier alpha value is -2.39. The average molecular weight is 507 g/mol. The number of hydrogen-bond acceptors (Lipinski definition) is 7. The Morgan fingerprint density at radius 2 is 1.85 bits per heavy atom. The van der Waals surface area contributed by atoms with Crippen LogP contribution in [-0.2, 0) is 19.6 Å². The average Bonchev–Trinajstić information content (AvgIpc) is 3.38. The molecule has 0 amide bonds. The first kappa shape index (κ1) is 26.2. The zero-order chi connectivity index (χ0) is 25.3. The molecule has 0 bridgehead atoms. The lowest BCUT2D eigenvalue weighted by Gasteiger charge is -2.32. The van der Waals surface area contributed by atoms with Crippen LogP contribution in [0.25, 0.3) is 0 Å². The van der Waals surface area contributed by atoms with Crippen LogP contribution in [0.3, 0.4) is 0 Å². The molecule has 7 nitrogen and oxygen atoms in total. The second-order valence-electron chi connectivity index (χ2n) is 9.84. The molecule has 1 aromatic carbocycles. The normalized spacial score (nSPS) is 17.1. The highest BCUT2D eigenvalue weighted by Gasteiger charge is 2.51. The number of thiazole rings is 1. The van der Waals surface area contributed by atoms with Gasteiger partial charge in [-0.25, -0.2) is 9.78 Å². The molecule has 2 heterocycles. The molecule has 34 heavy (non-hydrogen) atoms. The summed E-state index contributed by atoms with van der Waals surface area (Å²) >= 11 is 1.21. The van der Waals surface area contributed by atoms with E-state index in [9.17, 15) is 18.3 Å². The molecule has 9 heteroatoms. The molecule has 0 saturated heterocycles. The van der Waals surface area contributed by atoms with Crippen LogP contribution >= 0.6 is 11.3 Å². The first-order valence-electron chi connectivity index (χ1n) is 11.5. The van der Waals surface area contributed by atoms with Crippen molar-refractivity contribution in [3.05, 3.63) is 52.1 Å². The van der Waals surface area contributed by atoms with Crippen molar-refractivity contribution in [3.63, 3.8) is 0 Å². The minimum absolute atomic E-state index is 0.00924. The van der Waals surface area contributed by atoms with E-state index in [1.165, 1.54) is 33.6 Å². The van der Waals surface area contributed by atoms with Gasteiger partial charge in [0.05, 0.1) is 16.8 Å². The van der Waals surface area contributed by atoms with Gasteiger partial charge in [-0.15, -0.1) is 11.3 Å². The van der Waals surface area contributed by atoms with Crippen molar-refractivity contribution in [2.45, 2.75) is 76.8 Å². The van der Waals surface area contributed by atoms with Crippen molar-refractivity contribution < 1.29 is 23.1 Å². The third kappa shape index (κ3) is 4.73. The SMILES string of the molecule is CCCC1(CCC)OC(=O)C(C(c2cccc(N(C)S(=O)(=O)c3cscn3)c2)C(C)(C)C)=C1O. The topological polar surface area (TPSA) is 96.8 Å². The van der Waals surface area contributed by atoms with Crippen LogP contribution in [0, 0.1) is 5.41 Å². The van der Waals surface area contributed by atoms with Gasteiger partial charge in [0.25, 0.3) is 10.0 Å². The number of aromatic nitrogens is 1. The smallest absolute Gasteiger partial charge is 0.339 e. The molecule has 186 valence electrons. The number of anilines is 1. The molecule has 1 N–H and O–H groups in total. The summed E-state index contributed by atoms with van der Waals surface area (Å²) in [5.41, 5.74) is 1.46. The predicted octanol–water partition coefficient (Wildman–Crippen LogP) is 5.81. The van der Waals surface area contributed by atoms with Crippen LogP contribution in [-0.4, -0.2) is 37.1 Å². The van der Waals surface area contributed by atoms with E-state index in [2.05, 4.69) is 4.98 Å². The monoisotopic (exact) mass is 506 g/mol. The first-order chi connectivity index (χ1) is 15.9. The number of hydrogen-bond donors (Lipinski definition) is 1. The number of esters is 1. The molecule has 3 rings (SSSR count). The van der Waals surface area contributed by atoms with Gasteiger partial charge in [-0.2, -0.15) is 8.42 Å². The second-order valence-corrected chi connectivity index (χ2v) is 12.5. The highest BCUT2D eigenvalue weighted by Crippen LogP contribution is 2.49. The summed E-state index contributed by atoms with van der Waals surface area (Å²) in [6.07, 6.45) is 2.63. The van der Waals surface area contributed by atoms with Gasteiger partial charge in [-0.3, -0.25) is 4.31 Å². The minimum atomic E-state index is -3.82. The predicted molar refractivity (Wildman–Crippen MR) is 135 cm³/mol. The third-order valence-corrected chi connectivity index (χ3v) is 8.68. The molecule has 0 radical (unpaired) electrons. The Balaban J connectivity index is 2.12. The number of ether oxygens (including phenoxy) is 1. The Morgan fingerprint density at radius 3 is 2.38 bits per heavy atom. The molecule has 1 aliphatic rings. The van der Waals surface area contributed by atoms with E-state index in [1.807, 2.05) is 40.7 Å². The molecule has 0 aliphatic carbocycles. The van der Waals surface area contributed by atoms with Crippen molar-refractivity contribution >= 4 is 33.0 Å². The number of aliphatic hydroxyl groups is 1. The van der Waals surface area contributed by atoms with Crippen LogP contribution in [0.2, 0.25) is 0 Å². The van der Waals surface area contributed by atoms with Crippen LogP contribution in [0.1, 0.15) is 71.8 Å². The van der Waals surface area contributed by atoms with Crippen molar-refractivity contribution in [2.24, 2.45) is 5.41 Å². The molecular formula is C25H34N2O5S2. The van der Waals surface area contributed by atoms with E-state index < -0.39 is 32.9 Å². The van der Waals surface area contributed by atoms with Gasteiger partial charge < -0.3 is 9.84 Å². The van der Waals surface area contributed by atoms with Crippen LogP contribution in [0.15, 0.2) is 51.5 Å². The number of sulfonamides is 1. The molecule has 1 aromatic heterocycles. The Labute approximate surface area is 206 Å². The number of benzene rings is 1. The molecule has 1 atom stereocenters. The van der Waals surface area contributed by atoms with Crippen LogP contribution in [0.5, 0.6) is 0 Å². The zero-order valence-corrected chi connectivity index (χ0v) is 22.3. The van der Waals surface area contributed by atoms with Crippen molar-refractivity contribution in [1.29, 1.82) is 0 Å². The number of carbonyl (C=O) groups is 1. The maximum atomic E-state index is 13.2. The Kier molecular flexibility index (Phi) is 7.48. The highest BCUT2D eigenvalue weighted by atomic mass is 32.2. The lowest BCUT2D eigenvalue weighted by molar-refractivity contribution is -0.150. The summed E-state index contributed by atoms with van der Waals surface area (Å²) in [4.78, 5) is 17.1. The fourth-order valence-electron chi connectivity index (χ4n) is 4.76. The van der Waals surface area contributed by atoms with E-state index in [-0.39, 0.29) is 16.4 Å². The van der Waals surface area contributed by atoms with Crippen molar-refractivity contribution in [2.75, 3.05) is 11.4 Å². The molecule has 0 saturated carbocycles. The number of nitrogens with zero attached hydrogens (tertiary/aromatic N) is 2. The largest absolute Gasteiger partial charge is 0.507 e. The summed E-state index contributed by atoms with van der Waals surface area (Å²) in [6.45, 7) is 9.98. The molecule has 0 spiro atoms. The van der Waals surface area contributed by atoms with E-state index in [1.54, 1.807) is 18.2 Å². The van der Waals surface area contributed by atoms with Gasteiger partial charge in [0, 0.05) is 18.3 Å². The summed E-state index contributed by atoms with van der Waals surface area (Å²) in [5.74, 6) is -0.992. The van der Waals surface area contributed by atoms with E-state index >= 15 is 0 Å². The zero-order valence-electron chi connectivity index (χ0n) is 20.7. The van der Waals surface area contributed by atoms with Crippen molar-refractivity contribution in [3.8, 4) is 0 Å². The summed E-state index contributed by atoms with van der Waals surface area (Å²) in [6, 6.07) is 7.08. The number of rotatable bonds is 9. The first-order valence-corrected chi connectivity index (χ1v) is 13.9. The fourth-order valence-corrected chi connectivity index (χ4v) is 6.75. The maximum absolute atomic E-state index is 13.2. The Bertz CT molecular complexity index is 1160. The van der Waals surface area contributed by atoms with Gasteiger partial charge in [-0.05, 0) is 36.0 Å². The quantitative estimate of drug-likeness (QED) is 0.431. The minimum Gasteiger partial charge on any atom is -0.507 e. The maximum Gasteiger partial charge on any atom is 0.339 e. The fraction of sp³-hybridized carbons (Fsp3) is 0.520. The molecule has 1 unspecified atom stereocenters. The number of carbonyl (C=O) groups excluding carboxylic acids is 1. The summed E-state index contributed by atoms with van der Waals surface area (Å²) in [7, 11) is -2.34. The van der Waals surface area contributed by atoms with Gasteiger partial charge in [0.15, 0.2) is 10.6 Å². The molecular weight excluding hydrogens is 472 g/mol. The summed E-state index contributed by atoms with van der Waals surface area (Å²) in [5, 5.41) is 12.9. The second kappa shape index (κ2) is 9.70. The van der Waals surface area contributed by atoms with Gasteiger partial charge in [0.1, 0.15) is 5.76 Å². The lowest BCUT2D eigenvalue weighted by Crippen LogP contribution is -2.32. The number of aliphatic hydroxyl groups excluding tert-OH is 1. The number of cyclic esters (lactones) is 1. The van der Waals surface area contributed by atoms with E-state index in [4.69, 9.17) is 4.74 Å². The summed E-state index contributed by atoms with van der Waals surface area (Å²) < 4.78 is 33.1. The van der Waals surface area contributed by atoms with Gasteiger partial charge in [-0.1, -0.05) is 59.6 Å². The molecule has 2 aromatic rings. The van der Waals surface area contributed by atoms with Crippen LogP contribution in [0.4, 0.5) is 5.69 Å². The molecule has 0 fully saturated rings. The lowest BCUT2D eigenvalue weighted by atomic mass is 9.71. The van der Waals surface area contributed by atoms with E-state index in [0.29, 0.717) is 18.5 Å². The van der Waals surface area contributed by atoms with Crippen molar-refractivity contribution in [1.82, 2.24) is 4.98 Å². The Morgan fingerprint density at radius 1 is 1.21 bits per heavy atom. The van der Waals surface area contributed by atoms with E-state index in [0.717, 1.165) is 18.4 Å². The van der Waals surface area contributed by atoms with Gasteiger partial charge in [0.2, 0.25) is 0 Å². The van der Waals surface area contributed by atoms with Crippen LogP contribution < -0.4 is 4.31 Å². The molecule has 1 aliphatic heterocycles. The highest BCUT2D eigenvalue weighted by molar-refractivity contribution is 7.92. The third-order valence-electron chi connectivity index (χ3n) is 6.26. The standard InChI is InChI=1S/C25H34N2O5S2/c1-7-12-25(13-8-2)22(28)20(23(29)32-25)21(24(3,4)5)17-10-9-11-18(14-17)27(6)34(30,31)19-15-33-16-26-19/h9-11,14-16,21,28H,7-8,12-13H2,1-6H3.